The zero-order chi connectivity index (χ0) is 15.9. The summed E-state index contributed by atoms with van der Waals surface area (Å²) in [5.41, 5.74) is 2.78. The van der Waals surface area contributed by atoms with Crippen molar-refractivity contribution in [2.24, 2.45) is 0 Å². The highest BCUT2D eigenvalue weighted by Gasteiger charge is 2.05. The second kappa shape index (κ2) is 7.71. The zero-order valence-corrected chi connectivity index (χ0v) is 13.5. The Morgan fingerprint density at radius 1 is 1.09 bits per heavy atom. The molecule has 0 aromatic heterocycles. The number of rotatable bonds is 6. The van der Waals surface area contributed by atoms with Crippen molar-refractivity contribution < 1.29 is 4.79 Å². The van der Waals surface area contributed by atoms with Crippen LogP contribution in [0.15, 0.2) is 48.5 Å². The van der Waals surface area contributed by atoms with Crippen molar-refractivity contribution in [2.45, 2.75) is 6.42 Å². The van der Waals surface area contributed by atoms with Crippen LogP contribution in [0.1, 0.15) is 6.42 Å². The van der Waals surface area contributed by atoms with Crippen LogP contribution in [-0.2, 0) is 4.79 Å². The van der Waals surface area contributed by atoms with Gasteiger partial charge in [0.25, 0.3) is 0 Å². The summed E-state index contributed by atoms with van der Waals surface area (Å²) in [6.45, 7) is 0.567. The maximum Gasteiger partial charge on any atom is 0.226 e. The topological polar surface area (TPSA) is 44.4 Å². The smallest absolute Gasteiger partial charge is 0.226 e. The quantitative estimate of drug-likeness (QED) is 0.850. The first-order valence-electron chi connectivity index (χ1n) is 7.12. The molecule has 0 bridgehead atoms. The molecule has 0 heterocycles. The number of carbonyl (C=O) groups excluding carboxylic acids is 1. The second-order valence-corrected chi connectivity index (χ2v) is 5.55. The van der Waals surface area contributed by atoms with Gasteiger partial charge in [-0.3, -0.25) is 4.79 Å². The van der Waals surface area contributed by atoms with Crippen molar-refractivity contribution in [3.8, 4) is 0 Å². The molecule has 0 spiro atoms. The first-order valence-corrected chi connectivity index (χ1v) is 7.49. The van der Waals surface area contributed by atoms with Crippen LogP contribution in [0.2, 0.25) is 5.02 Å². The first kappa shape index (κ1) is 16.2. The molecule has 2 aromatic carbocycles. The summed E-state index contributed by atoms with van der Waals surface area (Å²) in [6, 6.07) is 15.3. The number of hydrogen-bond acceptors (Lipinski definition) is 3. The van der Waals surface area contributed by atoms with E-state index in [0.717, 1.165) is 11.4 Å². The first-order chi connectivity index (χ1) is 10.6. The van der Waals surface area contributed by atoms with E-state index in [1.807, 2.05) is 55.4 Å². The van der Waals surface area contributed by atoms with Gasteiger partial charge >= 0.3 is 0 Å². The number of para-hydroxylation sites is 1. The molecule has 0 saturated heterocycles. The number of amides is 1. The molecule has 116 valence electrons. The molecular formula is C17H20ClN3O. The fraction of sp³-hybridized carbons (Fsp3) is 0.235. The van der Waals surface area contributed by atoms with Crippen molar-refractivity contribution >= 4 is 34.6 Å². The average Bonchev–Trinajstić information content (AvgIpc) is 2.50. The molecule has 22 heavy (non-hydrogen) atoms. The summed E-state index contributed by atoms with van der Waals surface area (Å²) in [7, 11) is 4.00. The Morgan fingerprint density at radius 3 is 2.41 bits per heavy atom. The summed E-state index contributed by atoms with van der Waals surface area (Å²) in [5.74, 6) is -0.0643. The molecule has 0 aliphatic carbocycles. The van der Waals surface area contributed by atoms with Gasteiger partial charge in [0.05, 0.1) is 10.7 Å². The van der Waals surface area contributed by atoms with Gasteiger partial charge in [0.15, 0.2) is 0 Å². The van der Waals surface area contributed by atoms with E-state index in [9.17, 15) is 4.79 Å². The van der Waals surface area contributed by atoms with Gasteiger partial charge < -0.3 is 15.5 Å². The predicted octanol–water partition coefficient (Wildman–Crippen LogP) is 3.85. The maximum absolute atomic E-state index is 11.9. The molecule has 0 atom stereocenters. The summed E-state index contributed by atoms with van der Waals surface area (Å²) >= 11 is 6.00. The fourth-order valence-corrected chi connectivity index (χ4v) is 2.16. The lowest BCUT2D eigenvalue weighted by molar-refractivity contribution is -0.115. The number of anilines is 3. The minimum absolute atomic E-state index is 0.0643. The molecule has 2 rings (SSSR count). The Balaban J connectivity index is 1.78. The predicted molar refractivity (Wildman–Crippen MR) is 94.0 cm³/mol. The third-order valence-electron chi connectivity index (χ3n) is 3.21. The average molecular weight is 318 g/mol. The van der Waals surface area contributed by atoms with Crippen molar-refractivity contribution in [1.29, 1.82) is 0 Å². The summed E-state index contributed by atoms with van der Waals surface area (Å²) in [6.07, 6.45) is 0.376. The van der Waals surface area contributed by atoms with E-state index in [1.54, 1.807) is 12.1 Å². The molecule has 0 aliphatic heterocycles. The van der Waals surface area contributed by atoms with Crippen molar-refractivity contribution in [3.05, 3.63) is 53.6 Å². The number of nitrogens with zero attached hydrogens (tertiary/aromatic N) is 1. The van der Waals surface area contributed by atoms with Crippen LogP contribution in [-0.4, -0.2) is 26.5 Å². The third-order valence-corrected chi connectivity index (χ3v) is 3.54. The number of nitrogens with one attached hydrogen (secondary N) is 2. The Hall–Kier alpha value is -2.20. The van der Waals surface area contributed by atoms with E-state index < -0.39 is 0 Å². The largest absolute Gasteiger partial charge is 0.385 e. The lowest BCUT2D eigenvalue weighted by Crippen LogP contribution is -2.16. The lowest BCUT2D eigenvalue weighted by atomic mass is 10.2. The number of halogens is 1. The zero-order valence-electron chi connectivity index (χ0n) is 12.8. The molecule has 0 aliphatic rings. The highest BCUT2D eigenvalue weighted by Crippen LogP contribution is 2.20. The lowest BCUT2D eigenvalue weighted by Gasteiger charge is -2.13. The van der Waals surface area contributed by atoms with Gasteiger partial charge in [-0.2, -0.15) is 0 Å². The Labute approximate surface area is 136 Å². The standard InChI is InChI=1S/C17H20ClN3O/c1-21(2)14-9-7-13(8-10-14)19-12-11-17(22)20-16-6-4-3-5-15(16)18/h3-10,19H,11-12H2,1-2H3,(H,20,22). The molecule has 2 aromatic rings. The number of carbonyl (C=O) groups is 1. The van der Waals surface area contributed by atoms with Crippen molar-refractivity contribution in [2.75, 3.05) is 36.2 Å². The van der Waals surface area contributed by atoms with Gasteiger partial charge in [0, 0.05) is 38.4 Å². The monoisotopic (exact) mass is 317 g/mol. The molecule has 0 radical (unpaired) electrons. The maximum atomic E-state index is 11.9. The van der Waals surface area contributed by atoms with Gasteiger partial charge in [-0.1, -0.05) is 23.7 Å². The number of hydrogen-bond donors (Lipinski definition) is 2. The highest BCUT2D eigenvalue weighted by molar-refractivity contribution is 6.33. The molecule has 1 amide bonds. The molecule has 2 N–H and O–H groups in total. The minimum atomic E-state index is -0.0643. The van der Waals surface area contributed by atoms with E-state index in [2.05, 4.69) is 10.6 Å². The Bertz CT molecular complexity index is 626. The molecule has 0 fully saturated rings. The van der Waals surface area contributed by atoms with Crippen LogP contribution < -0.4 is 15.5 Å². The Kier molecular flexibility index (Phi) is 5.67. The molecule has 4 nitrogen and oxygen atoms in total. The molecule has 0 saturated carbocycles. The van der Waals surface area contributed by atoms with Gasteiger partial charge in [-0.05, 0) is 36.4 Å². The second-order valence-electron chi connectivity index (χ2n) is 5.15. The number of benzene rings is 2. The normalized spacial score (nSPS) is 10.1. The molecule has 0 unspecified atom stereocenters. The van der Waals surface area contributed by atoms with E-state index >= 15 is 0 Å². The van der Waals surface area contributed by atoms with Crippen LogP contribution >= 0.6 is 11.6 Å². The highest BCUT2D eigenvalue weighted by atomic mass is 35.5. The van der Waals surface area contributed by atoms with Crippen LogP contribution in [0, 0.1) is 0 Å². The van der Waals surface area contributed by atoms with Gasteiger partial charge in [-0.15, -0.1) is 0 Å². The van der Waals surface area contributed by atoms with Crippen LogP contribution in [0.25, 0.3) is 0 Å². The third kappa shape index (κ3) is 4.67. The van der Waals surface area contributed by atoms with Crippen molar-refractivity contribution in [1.82, 2.24) is 0 Å². The van der Waals surface area contributed by atoms with Crippen LogP contribution in [0.4, 0.5) is 17.1 Å². The summed E-state index contributed by atoms with van der Waals surface area (Å²) < 4.78 is 0. The van der Waals surface area contributed by atoms with Crippen LogP contribution in [0.5, 0.6) is 0 Å². The van der Waals surface area contributed by atoms with Gasteiger partial charge in [0.1, 0.15) is 0 Å². The van der Waals surface area contributed by atoms with E-state index in [-0.39, 0.29) is 5.91 Å². The minimum Gasteiger partial charge on any atom is -0.385 e. The SMILES string of the molecule is CN(C)c1ccc(NCCC(=O)Nc2ccccc2Cl)cc1. The van der Waals surface area contributed by atoms with E-state index in [4.69, 9.17) is 11.6 Å². The van der Waals surface area contributed by atoms with Gasteiger partial charge in [0.2, 0.25) is 5.91 Å². The van der Waals surface area contributed by atoms with E-state index in [1.165, 1.54) is 0 Å². The van der Waals surface area contributed by atoms with Crippen molar-refractivity contribution in [3.63, 3.8) is 0 Å². The Morgan fingerprint density at radius 2 is 1.77 bits per heavy atom. The molecule has 5 heteroatoms. The molecular weight excluding hydrogens is 298 g/mol. The van der Waals surface area contributed by atoms with Gasteiger partial charge in [-0.25, -0.2) is 0 Å². The van der Waals surface area contributed by atoms with Crippen LogP contribution in [0.3, 0.4) is 0 Å². The summed E-state index contributed by atoms with van der Waals surface area (Å²) in [5, 5.41) is 6.58. The van der Waals surface area contributed by atoms with E-state index in [0.29, 0.717) is 23.7 Å². The fourth-order valence-electron chi connectivity index (χ4n) is 1.97. The summed E-state index contributed by atoms with van der Waals surface area (Å²) in [4.78, 5) is 13.9.